The lowest BCUT2D eigenvalue weighted by atomic mass is 10.1. The molecule has 0 aliphatic rings. The van der Waals surface area contributed by atoms with E-state index in [9.17, 15) is 9.18 Å². The Morgan fingerprint density at radius 2 is 1.85 bits per heavy atom. The average Bonchev–Trinajstić information content (AvgIpc) is 2.61. The molecule has 0 saturated carbocycles. The highest BCUT2D eigenvalue weighted by Crippen LogP contribution is 2.35. The summed E-state index contributed by atoms with van der Waals surface area (Å²) in [5, 5.41) is -0.213. The first-order chi connectivity index (χ1) is 12.4. The number of nitrogens with one attached hydrogen (secondary N) is 1. The van der Waals surface area contributed by atoms with Crippen molar-refractivity contribution in [3.63, 3.8) is 0 Å². The van der Waals surface area contributed by atoms with Gasteiger partial charge in [-0.05, 0) is 37.3 Å². The van der Waals surface area contributed by atoms with Crippen molar-refractivity contribution in [1.82, 2.24) is 9.97 Å². The first-order valence-electron chi connectivity index (χ1n) is 7.56. The second-order valence-corrected chi connectivity index (χ2v) is 5.84. The zero-order chi connectivity index (χ0) is 18.8. The highest BCUT2D eigenvalue weighted by Gasteiger charge is 2.17. The third kappa shape index (κ3) is 3.48. The number of nitrogens with two attached hydrogens (primary N) is 1. The van der Waals surface area contributed by atoms with E-state index < -0.39 is 11.4 Å². The standard InChI is InChI=1S/C18H15ClFN3O3/c1-9-22-17(16(19)18(24)23-9)12-7-15(14(21)8-13(12)20)26-11-5-3-10(25-2)4-6-11/h3-8H,21H2,1-2H3,(H,22,23,24). The third-order valence-electron chi connectivity index (χ3n) is 3.62. The fourth-order valence-corrected chi connectivity index (χ4v) is 2.55. The number of H-pyrrole nitrogens is 1. The lowest BCUT2D eigenvalue weighted by Crippen LogP contribution is -2.12. The van der Waals surface area contributed by atoms with Gasteiger partial charge in [0.15, 0.2) is 5.75 Å². The van der Waals surface area contributed by atoms with Gasteiger partial charge in [-0.15, -0.1) is 0 Å². The van der Waals surface area contributed by atoms with Crippen LogP contribution in [0.4, 0.5) is 10.1 Å². The third-order valence-corrected chi connectivity index (χ3v) is 3.97. The predicted molar refractivity (Wildman–Crippen MR) is 97.5 cm³/mol. The summed E-state index contributed by atoms with van der Waals surface area (Å²) in [6, 6.07) is 9.27. The Morgan fingerprint density at radius 3 is 2.50 bits per heavy atom. The molecule has 134 valence electrons. The summed E-state index contributed by atoms with van der Waals surface area (Å²) >= 11 is 6.00. The number of aromatic nitrogens is 2. The van der Waals surface area contributed by atoms with Crippen LogP contribution in [0.3, 0.4) is 0 Å². The molecule has 0 amide bonds. The minimum Gasteiger partial charge on any atom is -0.497 e. The van der Waals surface area contributed by atoms with E-state index in [4.69, 9.17) is 26.8 Å². The molecule has 0 fully saturated rings. The molecule has 0 aliphatic heterocycles. The van der Waals surface area contributed by atoms with E-state index in [-0.39, 0.29) is 27.7 Å². The van der Waals surface area contributed by atoms with Gasteiger partial charge in [0.2, 0.25) is 0 Å². The molecule has 0 bridgehead atoms. The minimum absolute atomic E-state index is 0.0157. The summed E-state index contributed by atoms with van der Waals surface area (Å²) in [6.45, 7) is 1.57. The Morgan fingerprint density at radius 1 is 1.19 bits per heavy atom. The summed E-state index contributed by atoms with van der Waals surface area (Å²) < 4.78 is 25.2. The van der Waals surface area contributed by atoms with Gasteiger partial charge in [0, 0.05) is 11.6 Å². The number of nitrogen functional groups attached to an aromatic ring is 1. The molecule has 1 aromatic heterocycles. The lowest BCUT2D eigenvalue weighted by Gasteiger charge is -2.12. The molecule has 2 aromatic carbocycles. The number of rotatable bonds is 4. The zero-order valence-electron chi connectivity index (χ0n) is 14.0. The number of aryl methyl sites for hydroxylation is 1. The topological polar surface area (TPSA) is 90.2 Å². The number of nitrogens with zero attached hydrogens (tertiary/aromatic N) is 1. The molecular weight excluding hydrogens is 361 g/mol. The number of aromatic amines is 1. The van der Waals surface area contributed by atoms with Gasteiger partial charge in [-0.1, -0.05) is 11.6 Å². The fourth-order valence-electron chi connectivity index (χ4n) is 2.36. The molecule has 0 atom stereocenters. The van der Waals surface area contributed by atoms with Gasteiger partial charge in [-0.2, -0.15) is 0 Å². The molecule has 3 aromatic rings. The minimum atomic E-state index is -0.663. The molecule has 0 spiro atoms. The number of hydrogen-bond acceptors (Lipinski definition) is 5. The number of anilines is 1. The van der Waals surface area contributed by atoms with Crippen molar-refractivity contribution >= 4 is 17.3 Å². The van der Waals surface area contributed by atoms with Crippen LogP contribution in [0.2, 0.25) is 5.02 Å². The maximum Gasteiger partial charge on any atom is 0.270 e. The van der Waals surface area contributed by atoms with Crippen molar-refractivity contribution in [2.24, 2.45) is 0 Å². The highest BCUT2D eigenvalue weighted by atomic mass is 35.5. The van der Waals surface area contributed by atoms with E-state index in [1.54, 1.807) is 38.3 Å². The van der Waals surface area contributed by atoms with Crippen LogP contribution in [0.1, 0.15) is 5.82 Å². The van der Waals surface area contributed by atoms with Gasteiger partial charge in [0.05, 0.1) is 18.5 Å². The molecule has 1 heterocycles. The second-order valence-electron chi connectivity index (χ2n) is 5.46. The van der Waals surface area contributed by atoms with Crippen LogP contribution in [-0.4, -0.2) is 17.1 Å². The summed E-state index contributed by atoms with van der Waals surface area (Å²) in [5.74, 6) is 1.01. The molecule has 0 unspecified atom stereocenters. The molecule has 3 N–H and O–H groups in total. The van der Waals surface area contributed by atoms with Crippen molar-refractivity contribution in [2.75, 3.05) is 12.8 Å². The Labute approximate surface area is 153 Å². The second kappa shape index (κ2) is 7.05. The smallest absolute Gasteiger partial charge is 0.270 e. The number of ether oxygens (including phenoxy) is 2. The first-order valence-corrected chi connectivity index (χ1v) is 7.94. The molecule has 0 radical (unpaired) electrons. The molecule has 0 saturated heterocycles. The largest absolute Gasteiger partial charge is 0.497 e. The summed E-state index contributed by atoms with van der Waals surface area (Å²) in [5.41, 5.74) is 5.44. The zero-order valence-corrected chi connectivity index (χ0v) is 14.7. The van der Waals surface area contributed by atoms with E-state index >= 15 is 0 Å². The van der Waals surface area contributed by atoms with Crippen LogP contribution in [0.15, 0.2) is 41.2 Å². The maximum absolute atomic E-state index is 14.4. The van der Waals surface area contributed by atoms with Crippen molar-refractivity contribution in [1.29, 1.82) is 0 Å². The Hall–Kier alpha value is -3.06. The van der Waals surface area contributed by atoms with Crippen LogP contribution in [0.5, 0.6) is 17.2 Å². The van der Waals surface area contributed by atoms with E-state index in [0.29, 0.717) is 17.3 Å². The summed E-state index contributed by atoms with van der Waals surface area (Å²) in [4.78, 5) is 18.4. The average molecular weight is 376 g/mol. The predicted octanol–water partition coefficient (Wildman–Crippen LogP) is 3.92. The maximum atomic E-state index is 14.4. The highest BCUT2D eigenvalue weighted by molar-refractivity contribution is 6.32. The van der Waals surface area contributed by atoms with Crippen molar-refractivity contribution in [2.45, 2.75) is 6.92 Å². The Balaban J connectivity index is 2.06. The van der Waals surface area contributed by atoms with Gasteiger partial charge < -0.3 is 20.2 Å². The SMILES string of the molecule is COc1ccc(Oc2cc(-c3nc(C)[nH]c(=O)c3Cl)c(F)cc2N)cc1. The van der Waals surface area contributed by atoms with Crippen LogP contribution in [0, 0.1) is 12.7 Å². The van der Waals surface area contributed by atoms with Crippen molar-refractivity contribution < 1.29 is 13.9 Å². The van der Waals surface area contributed by atoms with Crippen molar-refractivity contribution in [3.8, 4) is 28.5 Å². The van der Waals surface area contributed by atoms with Crippen LogP contribution in [0.25, 0.3) is 11.3 Å². The van der Waals surface area contributed by atoms with E-state index in [1.807, 2.05) is 0 Å². The summed E-state index contributed by atoms with van der Waals surface area (Å²) in [7, 11) is 1.56. The molecular formula is C18H15ClFN3O3. The van der Waals surface area contributed by atoms with Crippen LogP contribution >= 0.6 is 11.6 Å². The van der Waals surface area contributed by atoms with Crippen molar-refractivity contribution in [3.05, 3.63) is 63.4 Å². The number of halogens is 2. The van der Waals surface area contributed by atoms with Gasteiger partial charge in [-0.25, -0.2) is 9.37 Å². The monoisotopic (exact) mass is 375 g/mol. The molecule has 26 heavy (non-hydrogen) atoms. The van der Waals surface area contributed by atoms with Crippen LogP contribution < -0.4 is 20.8 Å². The number of hydrogen-bond donors (Lipinski definition) is 2. The number of benzene rings is 2. The molecule has 3 rings (SSSR count). The van der Waals surface area contributed by atoms with Crippen LogP contribution in [-0.2, 0) is 0 Å². The Kier molecular flexibility index (Phi) is 4.81. The van der Waals surface area contributed by atoms with Gasteiger partial charge >= 0.3 is 0 Å². The molecule has 6 nitrogen and oxygen atoms in total. The molecule has 8 heteroatoms. The van der Waals surface area contributed by atoms with E-state index in [2.05, 4.69) is 9.97 Å². The van der Waals surface area contributed by atoms with Gasteiger partial charge in [0.25, 0.3) is 5.56 Å². The quantitative estimate of drug-likeness (QED) is 0.674. The first kappa shape index (κ1) is 17.8. The fraction of sp³-hybridized carbons (Fsp3) is 0.111. The Bertz CT molecular complexity index is 1020. The normalized spacial score (nSPS) is 10.6. The van der Waals surface area contributed by atoms with E-state index in [0.717, 1.165) is 6.07 Å². The van der Waals surface area contributed by atoms with Gasteiger partial charge in [0.1, 0.15) is 28.2 Å². The lowest BCUT2D eigenvalue weighted by molar-refractivity contribution is 0.413. The summed E-state index contributed by atoms with van der Waals surface area (Å²) in [6.07, 6.45) is 0. The molecule has 0 aliphatic carbocycles. The van der Waals surface area contributed by atoms with E-state index in [1.165, 1.54) is 6.07 Å². The van der Waals surface area contributed by atoms with Gasteiger partial charge in [-0.3, -0.25) is 4.79 Å². The number of methoxy groups -OCH3 is 1.